The minimum atomic E-state index is -4.49. The number of fused-ring (bicyclic) bond motifs is 1. The number of pyridine rings is 2. The van der Waals surface area contributed by atoms with E-state index < -0.39 is 11.9 Å². The molecule has 166 valence electrons. The predicted molar refractivity (Wildman–Crippen MR) is 121 cm³/mol. The van der Waals surface area contributed by atoms with Gasteiger partial charge in [-0.05, 0) is 47.9 Å². The van der Waals surface area contributed by atoms with Gasteiger partial charge in [0.1, 0.15) is 5.01 Å². The number of aromatic nitrogens is 3. The Kier molecular flexibility index (Phi) is 5.20. The molecule has 5 nitrogen and oxygen atoms in total. The van der Waals surface area contributed by atoms with E-state index in [1.807, 2.05) is 37.3 Å². The Bertz CT molecular complexity index is 1450. The summed E-state index contributed by atoms with van der Waals surface area (Å²) in [4.78, 5) is 25.2. The third-order valence-electron chi connectivity index (χ3n) is 5.42. The van der Waals surface area contributed by atoms with Gasteiger partial charge in [0.2, 0.25) is 0 Å². The molecule has 0 radical (unpaired) electrons. The molecule has 4 heterocycles. The third-order valence-corrected chi connectivity index (χ3v) is 6.25. The molecule has 0 bridgehead atoms. The second-order valence-corrected chi connectivity index (χ2v) is 8.67. The molecule has 1 aliphatic rings. The smallest absolute Gasteiger partial charge is 0.309 e. The van der Waals surface area contributed by atoms with Crippen LogP contribution in [0.3, 0.4) is 0 Å². The fraction of sp³-hybridized carbons (Fsp3) is 0.167. The van der Waals surface area contributed by atoms with Crippen LogP contribution in [-0.2, 0) is 19.3 Å². The maximum atomic E-state index is 12.8. The lowest BCUT2D eigenvalue weighted by Gasteiger charge is -2.09. The summed E-state index contributed by atoms with van der Waals surface area (Å²) in [6, 6.07) is 13.2. The highest BCUT2D eigenvalue weighted by Gasteiger charge is 2.33. The van der Waals surface area contributed by atoms with Crippen LogP contribution in [0.15, 0.2) is 70.0 Å². The van der Waals surface area contributed by atoms with Gasteiger partial charge in [-0.3, -0.25) is 14.8 Å². The first-order valence-corrected chi connectivity index (χ1v) is 11.0. The maximum Gasteiger partial charge on any atom is 0.434 e. The fourth-order valence-electron chi connectivity index (χ4n) is 3.78. The second kappa shape index (κ2) is 8.08. The minimum absolute atomic E-state index is 0.0117. The number of aliphatic imine (C=N–C) groups is 1. The largest absolute Gasteiger partial charge is 0.434 e. The lowest BCUT2D eigenvalue weighted by atomic mass is 9.96. The monoisotopic (exact) mass is 466 g/mol. The molecule has 0 atom stereocenters. The number of nitrogens with zero attached hydrogens (tertiary/aromatic N) is 4. The number of hydrogen-bond donors (Lipinski definition) is 0. The van der Waals surface area contributed by atoms with Crippen LogP contribution >= 0.6 is 11.3 Å². The van der Waals surface area contributed by atoms with Gasteiger partial charge in [0, 0.05) is 40.7 Å². The van der Waals surface area contributed by atoms with E-state index in [1.54, 1.807) is 18.5 Å². The molecule has 0 spiro atoms. The Balaban J connectivity index is 1.43. The molecule has 5 rings (SSSR count). The number of thiazole rings is 1. The van der Waals surface area contributed by atoms with Crippen LogP contribution in [0.1, 0.15) is 33.1 Å². The molecule has 0 amide bonds. The predicted octanol–water partition coefficient (Wildman–Crippen LogP) is 5.09. The molecule has 3 aromatic heterocycles. The minimum Gasteiger partial charge on any atom is -0.309 e. The van der Waals surface area contributed by atoms with Crippen molar-refractivity contribution in [2.45, 2.75) is 26.2 Å². The molecule has 1 aliphatic heterocycles. The average molecular weight is 466 g/mol. The van der Waals surface area contributed by atoms with E-state index in [2.05, 4.69) is 15.0 Å². The molecule has 0 N–H and O–H groups in total. The van der Waals surface area contributed by atoms with Crippen molar-refractivity contribution in [2.24, 2.45) is 4.99 Å². The van der Waals surface area contributed by atoms with Gasteiger partial charge >= 0.3 is 6.18 Å². The van der Waals surface area contributed by atoms with Crippen LogP contribution < -0.4 is 5.56 Å². The Morgan fingerprint density at radius 2 is 1.88 bits per heavy atom. The topological polar surface area (TPSA) is 60.1 Å². The molecule has 0 fully saturated rings. The van der Waals surface area contributed by atoms with Gasteiger partial charge in [-0.2, -0.15) is 13.2 Å². The number of halogens is 3. The summed E-state index contributed by atoms with van der Waals surface area (Å²) < 4.78 is 39.7. The highest BCUT2D eigenvalue weighted by Crippen LogP contribution is 2.31. The number of benzene rings is 1. The molecule has 0 saturated heterocycles. The molecule has 9 heteroatoms. The molecule has 33 heavy (non-hydrogen) atoms. The maximum absolute atomic E-state index is 12.8. The molecular weight excluding hydrogens is 449 g/mol. The summed E-state index contributed by atoms with van der Waals surface area (Å²) in [5, 5.41) is 1.19. The number of alkyl halides is 3. The van der Waals surface area contributed by atoms with Crippen LogP contribution in [0.2, 0.25) is 0 Å². The Hall–Kier alpha value is -3.59. The molecule has 4 aromatic rings. The van der Waals surface area contributed by atoms with Gasteiger partial charge in [0.15, 0.2) is 5.69 Å². The summed E-state index contributed by atoms with van der Waals surface area (Å²) in [5.74, 6) is 0. The molecule has 0 unspecified atom stereocenters. The van der Waals surface area contributed by atoms with Gasteiger partial charge in [-0.25, -0.2) is 4.98 Å². The van der Waals surface area contributed by atoms with Gasteiger partial charge in [0.25, 0.3) is 5.56 Å². The van der Waals surface area contributed by atoms with Crippen molar-refractivity contribution < 1.29 is 13.2 Å². The molecular formula is C24H17F3N4OS. The van der Waals surface area contributed by atoms with Crippen molar-refractivity contribution in [3.8, 4) is 11.1 Å². The van der Waals surface area contributed by atoms with Gasteiger partial charge in [-0.15, -0.1) is 11.3 Å². The first-order chi connectivity index (χ1) is 15.8. The Labute approximate surface area is 190 Å². The molecule has 0 aliphatic carbocycles. The lowest BCUT2D eigenvalue weighted by Crippen LogP contribution is -2.19. The molecule has 1 aromatic carbocycles. The Morgan fingerprint density at radius 1 is 1.06 bits per heavy atom. The van der Waals surface area contributed by atoms with E-state index >= 15 is 0 Å². The van der Waals surface area contributed by atoms with E-state index in [0.717, 1.165) is 55.9 Å². The van der Waals surface area contributed by atoms with E-state index in [9.17, 15) is 18.0 Å². The summed E-state index contributed by atoms with van der Waals surface area (Å²) in [5.41, 5.74) is 5.28. The second-order valence-electron chi connectivity index (χ2n) is 7.73. The Morgan fingerprint density at radius 3 is 2.61 bits per heavy atom. The first kappa shape index (κ1) is 21.3. The fourth-order valence-corrected chi connectivity index (χ4v) is 4.58. The van der Waals surface area contributed by atoms with Gasteiger partial charge in [0.05, 0.1) is 18.8 Å². The van der Waals surface area contributed by atoms with Gasteiger partial charge in [-0.1, -0.05) is 12.1 Å². The zero-order valence-corrected chi connectivity index (χ0v) is 18.2. The summed E-state index contributed by atoms with van der Waals surface area (Å²) in [7, 11) is 0. The van der Waals surface area contributed by atoms with E-state index in [-0.39, 0.29) is 17.1 Å². The highest BCUT2D eigenvalue weighted by molar-refractivity contribution is 7.09. The van der Waals surface area contributed by atoms with Crippen LogP contribution in [0.25, 0.3) is 11.1 Å². The third kappa shape index (κ3) is 4.23. The highest BCUT2D eigenvalue weighted by atomic mass is 32.1. The lowest BCUT2D eigenvalue weighted by molar-refractivity contribution is -0.140. The quantitative estimate of drug-likeness (QED) is 0.421. The normalized spacial score (nSPS) is 13.2. The number of aryl methyl sites for hydroxylation is 1. The van der Waals surface area contributed by atoms with E-state index in [1.165, 1.54) is 10.6 Å². The summed E-state index contributed by atoms with van der Waals surface area (Å²) >= 11 is 0.885. The van der Waals surface area contributed by atoms with Crippen LogP contribution in [-0.4, -0.2) is 20.2 Å². The zero-order valence-electron chi connectivity index (χ0n) is 17.4. The van der Waals surface area contributed by atoms with E-state index in [0.29, 0.717) is 6.54 Å². The zero-order chi connectivity index (χ0) is 23.2. The van der Waals surface area contributed by atoms with Crippen molar-refractivity contribution >= 4 is 17.0 Å². The molecule has 0 saturated carbocycles. The van der Waals surface area contributed by atoms with Crippen molar-refractivity contribution in [1.29, 1.82) is 0 Å². The summed E-state index contributed by atoms with van der Waals surface area (Å²) in [6.07, 6.45) is -1.15. The van der Waals surface area contributed by atoms with Crippen molar-refractivity contribution in [3.63, 3.8) is 0 Å². The first-order valence-electron chi connectivity index (χ1n) is 10.1. The SMILES string of the molecule is Cc1cc(C2=NCc3ccc(-c4ccn(Cc5nc(C(F)(F)F)cs5)c(=O)c4)cc32)ccn1. The number of rotatable bonds is 4. The standard InChI is InChI=1S/C24H17F3N4OS/c1-14-8-17(4-6-28-14)23-19-9-15(2-3-18(19)11-29-23)16-5-7-31(22(32)10-16)12-21-30-20(13-33-21)24(25,26)27/h2-10,13H,11-12H2,1H3. The van der Waals surface area contributed by atoms with Crippen molar-refractivity contribution in [1.82, 2.24) is 14.5 Å². The summed E-state index contributed by atoms with van der Waals surface area (Å²) in [6.45, 7) is 2.52. The van der Waals surface area contributed by atoms with Crippen molar-refractivity contribution in [2.75, 3.05) is 0 Å². The van der Waals surface area contributed by atoms with E-state index in [4.69, 9.17) is 0 Å². The van der Waals surface area contributed by atoms with Crippen LogP contribution in [0, 0.1) is 6.92 Å². The van der Waals surface area contributed by atoms with Crippen molar-refractivity contribution in [3.05, 3.63) is 104 Å². The van der Waals surface area contributed by atoms with Crippen LogP contribution in [0.4, 0.5) is 13.2 Å². The number of hydrogen-bond acceptors (Lipinski definition) is 5. The van der Waals surface area contributed by atoms with Gasteiger partial charge < -0.3 is 4.57 Å². The average Bonchev–Trinajstić information content (AvgIpc) is 3.42. The van der Waals surface area contributed by atoms with Crippen LogP contribution in [0.5, 0.6) is 0 Å².